The second-order valence-corrected chi connectivity index (χ2v) is 2.71. The summed E-state index contributed by atoms with van der Waals surface area (Å²) in [6, 6.07) is 0. The first-order valence-corrected chi connectivity index (χ1v) is 3.89. The van der Waals surface area contributed by atoms with Crippen LogP contribution in [0, 0.1) is 0 Å². The van der Waals surface area contributed by atoms with E-state index in [4.69, 9.17) is 14.3 Å². The first-order valence-electron chi connectivity index (χ1n) is 3.89. The van der Waals surface area contributed by atoms with Crippen molar-refractivity contribution in [3.05, 3.63) is 12.7 Å². The fourth-order valence-corrected chi connectivity index (χ4v) is 0.812. The van der Waals surface area contributed by atoms with Crippen molar-refractivity contribution < 1.29 is 27.4 Å². The second-order valence-electron chi connectivity index (χ2n) is 2.71. The van der Waals surface area contributed by atoms with Crippen LogP contribution >= 0.6 is 0 Å². The molecule has 0 rings (SSSR count). The lowest BCUT2D eigenvalue weighted by Crippen LogP contribution is -2.25. The van der Waals surface area contributed by atoms with Crippen LogP contribution in [0.15, 0.2) is 12.7 Å². The molecule has 0 aromatic heterocycles. The summed E-state index contributed by atoms with van der Waals surface area (Å²) in [5, 5.41) is 8.95. The summed E-state index contributed by atoms with van der Waals surface area (Å²) in [5.41, 5.74) is 0. The Balaban J connectivity index is 0. The van der Waals surface area contributed by atoms with Gasteiger partial charge in [-0.1, -0.05) is 6.08 Å². The molecule has 0 saturated carbocycles. The molecule has 0 aromatic rings. The third-order valence-corrected chi connectivity index (χ3v) is 1.43. The SMILES string of the molecule is C=CCCC(O)CC(F)(F)CF.FF. The minimum Gasteiger partial charge on any atom is -0.393 e. The predicted octanol–water partition coefficient (Wildman–Crippen LogP) is 3.15. The maximum absolute atomic E-state index is 12.3. The molecule has 1 N–H and O–H groups in total. The van der Waals surface area contributed by atoms with Crippen molar-refractivity contribution in [2.24, 2.45) is 0 Å². The van der Waals surface area contributed by atoms with Crippen LogP contribution in [0.5, 0.6) is 0 Å². The van der Waals surface area contributed by atoms with E-state index in [1.165, 1.54) is 6.08 Å². The zero-order valence-electron chi connectivity index (χ0n) is 7.53. The Kier molecular flexibility index (Phi) is 10.1. The van der Waals surface area contributed by atoms with Gasteiger partial charge < -0.3 is 5.11 Å². The number of aliphatic hydroxyl groups is 1. The Bertz CT molecular complexity index is 140. The lowest BCUT2D eigenvalue weighted by molar-refractivity contribution is -0.0619. The molecule has 0 aromatic carbocycles. The smallest absolute Gasteiger partial charge is 0.278 e. The number of halogens is 5. The van der Waals surface area contributed by atoms with E-state index in [2.05, 4.69) is 6.58 Å². The van der Waals surface area contributed by atoms with Crippen LogP contribution in [-0.2, 0) is 0 Å². The zero-order chi connectivity index (χ0) is 11.6. The molecule has 86 valence electrons. The minimum absolute atomic E-state index is 0.207. The number of rotatable bonds is 6. The minimum atomic E-state index is -3.39. The Hall–Kier alpha value is -0.650. The van der Waals surface area contributed by atoms with Crippen molar-refractivity contribution in [1.82, 2.24) is 0 Å². The number of alkyl halides is 3. The van der Waals surface area contributed by atoms with Crippen molar-refractivity contribution in [1.29, 1.82) is 0 Å². The van der Waals surface area contributed by atoms with E-state index < -0.39 is 25.1 Å². The van der Waals surface area contributed by atoms with Crippen LogP contribution in [0.2, 0.25) is 0 Å². The van der Waals surface area contributed by atoms with Crippen LogP contribution in [-0.4, -0.2) is 23.8 Å². The van der Waals surface area contributed by atoms with Gasteiger partial charge >= 0.3 is 0 Å². The maximum atomic E-state index is 12.3. The van der Waals surface area contributed by atoms with Gasteiger partial charge in [0.25, 0.3) is 5.92 Å². The summed E-state index contributed by atoms with van der Waals surface area (Å²) in [4.78, 5) is 0. The van der Waals surface area contributed by atoms with Gasteiger partial charge in [0, 0.05) is 15.6 Å². The molecule has 0 bridgehead atoms. The molecule has 0 fully saturated rings. The largest absolute Gasteiger partial charge is 0.393 e. The van der Waals surface area contributed by atoms with Gasteiger partial charge in [-0.3, -0.25) is 0 Å². The fraction of sp³-hybridized carbons (Fsp3) is 0.750. The van der Waals surface area contributed by atoms with Crippen LogP contribution in [0.25, 0.3) is 0 Å². The molecular formula is C8H13F5O. The fourth-order valence-electron chi connectivity index (χ4n) is 0.812. The van der Waals surface area contributed by atoms with E-state index in [-0.39, 0.29) is 6.42 Å². The molecule has 0 heterocycles. The van der Waals surface area contributed by atoms with Crippen molar-refractivity contribution >= 4 is 0 Å². The van der Waals surface area contributed by atoms with Gasteiger partial charge in [0.1, 0.15) is 0 Å². The highest BCUT2D eigenvalue weighted by Gasteiger charge is 2.31. The van der Waals surface area contributed by atoms with E-state index in [1.807, 2.05) is 0 Å². The molecule has 0 radical (unpaired) electrons. The van der Waals surface area contributed by atoms with E-state index >= 15 is 0 Å². The Morgan fingerprint density at radius 1 is 1.36 bits per heavy atom. The standard InChI is InChI=1S/C8H13F3O.F2/c1-2-3-4-7(12)5-8(10,11)6-9;1-2/h2,7,12H,1,3-6H2;. The van der Waals surface area contributed by atoms with Gasteiger partial charge in [0.05, 0.1) is 6.10 Å². The second kappa shape index (κ2) is 8.93. The van der Waals surface area contributed by atoms with E-state index in [0.29, 0.717) is 6.42 Å². The van der Waals surface area contributed by atoms with Crippen LogP contribution in [0.1, 0.15) is 19.3 Å². The molecule has 0 aliphatic heterocycles. The normalized spacial score (nSPS) is 12.7. The van der Waals surface area contributed by atoms with Crippen molar-refractivity contribution in [3.8, 4) is 0 Å². The van der Waals surface area contributed by atoms with E-state index in [1.54, 1.807) is 0 Å². The van der Waals surface area contributed by atoms with Gasteiger partial charge in [-0.2, -0.15) is 0 Å². The molecule has 0 aliphatic carbocycles. The van der Waals surface area contributed by atoms with Gasteiger partial charge in [-0.25, -0.2) is 13.2 Å². The van der Waals surface area contributed by atoms with E-state index in [9.17, 15) is 13.2 Å². The molecule has 1 unspecified atom stereocenters. The molecule has 0 aliphatic rings. The molecule has 14 heavy (non-hydrogen) atoms. The van der Waals surface area contributed by atoms with Crippen molar-refractivity contribution in [2.75, 3.05) is 6.67 Å². The summed E-state index contributed by atoms with van der Waals surface area (Å²) in [7, 11) is 0. The molecule has 0 spiro atoms. The summed E-state index contributed by atoms with van der Waals surface area (Å²) >= 11 is 0. The monoisotopic (exact) mass is 220 g/mol. The quantitative estimate of drug-likeness (QED) is 0.538. The Labute approximate surface area is 79.1 Å². The highest BCUT2D eigenvalue weighted by Crippen LogP contribution is 2.22. The van der Waals surface area contributed by atoms with Crippen molar-refractivity contribution in [3.63, 3.8) is 0 Å². The van der Waals surface area contributed by atoms with Gasteiger partial charge in [-0.05, 0) is 12.8 Å². The molecule has 0 saturated heterocycles. The summed E-state index contributed by atoms with van der Waals surface area (Å²) in [6.45, 7) is 1.67. The van der Waals surface area contributed by atoms with Gasteiger partial charge in [-0.15, -0.1) is 6.58 Å². The Morgan fingerprint density at radius 3 is 2.21 bits per heavy atom. The highest BCUT2D eigenvalue weighted by molar-refractivity contribution is 4.74. The van der Waals surface area contributed by atoms with E-state index in [0.717, 1.165) is 0 Å². The van der Waals surface area contributed by atoms with Crippen molar-refractivity contribution in [2.45, 2.75) is 31.3 Å². The molecular weight excluding hydrogens is 207 g/mol. The number of allylic oxidation sites excluding steroid dienone is 1. The Morgan fingerprint density at radius 2 is 1.86 bits per heavy atom. The zero-order valence-corrected chi connectivity index (χ0v) is 7.53. The topological polar surface area (TPSA) is 20.2 Å². The number of hydrogen-bond acceptors (Lipinski definition) is 1. The average Bonchev–Trinajstić information content (AvgIpc) is 2.17. The summed E-state index contributed by atoms with van der Waals surface area (Å²) < 4.78 is 52.1. The molecule has 0 amide bonds. The third kappa shape index (κ3) is 9.44. The maximum Gasteiger partial charge on any atom is 0.278 e. The molecule has 6 heteroatoms. The van der Waals surface area contributed by atoms with Gasteiger partial charge in [0.2, 0.25) is 0 Å². The lowest BCUT2D eigenvalue weighted by atomic mass is 10.1. The van der Waals surface area contributed by atoms with Crippen LogP contribution in [0.3, 0.4) is 0 Å². The number of aliphatic hydroxyl groups excluding tert-OH is 1. The van der Waals surface area contributed by atoms with Gasteiger partial charge in [0.15, 0.2) is 6.67 Å². The predicted molar refractivity (Wildman–Crippen MR) is 43.2 cm³/mol. The summed E-state index contributed by atoms with van der Waals surface area (Å²) in [5.74, 6) is -3.39. The molecule has 1 nitrogen and oxygen atoms in total. The van der Waals surface area contributed by atoms with Crippen LogP contribution in [0.4, 0.5) is 22.3 Å². The lowest BCUT2D eigenvalue weighted by Gasteiger charge is -2.15. The average molecular weight is 220 g/mol. The first-order chi connectivity index (χ1) is 6.52. The first kappa shape index (κ1) is 15.8. The van der Waals surface area contributed by atoms with Crippen LogP contribution < -0.4 is 0 Å². The third-order valence-electron chi connectivity index (χ3n) is 1.43. The summed E-state index contributed by atoms with van der Waals surface area (Å²) in [6.07, 6.45) is 0.241. The number of hydrogen-bond donors (Lipinski definition) is 1. The highest BCUT2D eigenvalue weighted by atomic mass is 20.0. The molecule has 1 atom stereocenters.